The van der Waals surface area contributed by atoms with Crippen molar-refractivity contribution in [2.24, 2.45) is 0 Å². The van der Waals surface area contributed by atoms with Gasteiger partial charge < -0.3 is 14.2 Å². The summed E-state index contributed by atoms with van der Waals surface area (Å²) < 4.78 is 10.9. The molecule has 1 amide bonds. The molecule has 3 aromatic rings. The SMILES string of the molecule is Cc1occc1-c1nnc(S[C@H](C)C(=O)N[C@@H]2CCCc3ccccc32)o1. The Kier molecular flexibility index (Phi) is 5.03. The Morgan fingerprint density at radius 2 is 2.15 bits per heavy atom. The van der Waals surface area contributed by atoms with Crippen LogP contribution in [0.1, 0.15) is 42.7 Å². The predicted molar refractivity (Wildman–Crippen MR) is 102 cm³/mol. The van der Waals surface area contributed by atoms with E-state index < -0.39 is 0 Å². The number of thioether (sulfide) groups is 1. The van der Waals surface area contributed by atoms with Crippen molar-refractivity contribution in [2.45, 2.75) is 49.6 Å². The molecule has 1 aliphatic rings. The molecule has 0 fully saturated rings. The fourth-order valence-electron chi connectivity index (χ4n) is 3.37. The fraction of sp³-hybridized carbons (Fsp3) is 0.350. The van der Waals surface area contributed by atoms with Gasteiger partial charge in [0.2, 0.25) is 5.91 Å². The van der Waals surface area contributed by atoms with Crippen molar-refractivity contribution in [1.29, 1.82) is 0 Å². The zero-order valence-electron chi connectivity index (χ0n) is 15.3. The molecule has 2 atom stereocenters. The van der Waals surface area contributed by atoms with Crippen molar-refractivity contribution in [3.8, 4) is 11.5 Å². The lowest BCUT2D eigenvalue weighted by Gasteiger charge is -2.27. The number of furan rings is 1. The summed E-state index contributed by atoms with van der Waals surface area (Å²) in [4.78, 5) is 12.7. The molecule has 0 saturated heterocycles. The molecule has 7 heteroatoms. The Labute approximate surface area is 161 Å². The van der Waals surface area contributed by atoms with E-state index in [0.29, 0.717) is 11.1 Å². The van der Waals surface area contributed by atoms with E-state index in [0.717, 1.165) is 30.6 Å². The lowest BCUT2D eigenvalue weighted by Crippen LogP contribution is -2.35. The summed E-state index contributed by atoms with van der Waals surface area (Å²) in [7, 11) is 0. The number of aromatic nitrogens is 2. The van der Waals surface area contributed by atoms with Crippen molar-refractivity contribution in [1.82, 2.24) is 15.5 Å². The maximum Gasteiger partial charge on any atom is 0.277 e. The van der Waals surface area contributed by atoms with Crippen molar-refractivity contribution < 1.29 is 13.6 Å². The minimum absolute atomic E-state index is 0.0269. The highest BCUT2D eigenvalue weighted by atomic mass is 32.2. The lowest BCUT2D eigenvalue weighted by molar-refractivity contribution is -0.121. The third-order valence-corrected chi connectivity index (χ3v) is 5.76. The van der Waals surface area contributed by atoms with E-state index >= 15 is 0 Å². The van der Waals surface area contributed by atoms with Crippen LogP contribution in [0.3, 0.4) is 0 Å². The monoisotopic (exact) mass is 383 g/mol. The van der Waals surface area contributed by atoms with E-state index in [-0.39, 0.29) is 17.2 Å². The molecule has 0 spiro atoms. The molecule has 1 N–H and O–H groups in total. The first-order chi connectivity index (χ1) is 13.1. The van der Waals surface area contributed by atoms with Crippen molar-refractivity contribution in [2.75, 3.05) is 0 Å². The maximum absolute atomic E-state index is 12.7. The van der Waals surface area contributed by atoms with Crippen LogP contribution in [0, 0.1) is 6.92 Å². The zero-order valence-corrected chi connectivity index (χ0v) is 16.1. The summed E-state index contributed by atoms with van der Waals surface area (Å²) in [6.07, 6.45) is 4.70. The topological polar surface area (TPSA) is 81.2 Å². The van der Waals surface area contributed by atoms with Gasteiger partial charge in [-0.3, -0.25) is 4.79 Å². The van der Waals surface area contributed by atoms with E-state index in [1.54, 1.807) is 12.3 Å². The van der Waals surface area contributed by atoms with Crippen LogP contribution in [0.25, 0.3) is 11.5 Å². The van der Waals surface area contributed by atoms with Crippen molar-refractivity contribution in [3.63, 3.8) is 0 Å². The molecule has 27 heavy (non-hydrogen) atoms. The van der Waals surface area contributed by atoms with Crippen LogP contribution in [-0.2, 0) is 11.2 Å². The highest BCUT2D eigenvalue weighted by Gasteiger charge is 2.25. The second kappa shape index (κ2) is 7.60. The maximum atomic E-state index is 12.7. The summed E-state index contributed by atoms with van der Waals surface area (Å²) >= 11 is 1.26. The van der Waals surface area contributed by atoms with Gasteiger partial charge in [0.1, 0.15) is 5.76 Å². The third kappa shape index (κ3) is 3.78. The van der Waals surface area contributed by atoms with Gasteiger partial charge in [0.25, 0.3) is 11.1 Å². The first-order valence-electron chi connectivity index (χ1n) is 9.04. The Morgan fingerprint density at radius 1 is 1.30 bits per heavy atom. The summed E-state index contributed by atoms with van der Waals surface area (Å²) in [6.45, 7) is 3.69. The van der Waals surface area contributed by atoms with Crippen LogP contribution in [0.5, 0.6) is 0 Å². The summed E-state index contributed by atoms with van der Waals surface area (Å²) in [5.74, 6) is 1.09. The van der Waals surface area contributed by atoms with Crippen LogP contribution < -0.4 is 5.32 Å². The number of fused-ring (bicyclic) bond motifs is 1. The summed E-state index contributed by atoms with van der Waals surface area (Å²) in [5, 5.41) is 11.3. The minimum atomic E-state index is -0.335. The number of carbonyl (C=O) groups is 1. The highest BCUT2D eigenvalue weighted by molar-refractivity contribution is 8.00. The molecule has 6 nitrogen and oxygen atoms in total. The molecule has 2 aromatic heterocycles. The smallest absolute Gasteiger partial charge is 0.277 e. The van der Waals surface area contributed by atoms with Crippen LogP contribution in [-0.4, -0.2) is 21.4 Å². The Hall–Kier alpha value is -2.54. The van der Waals surface area contributed by atoms with E-state index in [4.69, 9.17) is 8.83 Å². The van der Waals surface area contributed by atoms with Gasteiger partial charge in [0.15, 0.2) is 0 Å². The van der Waals surface area contributed by atoms with E-state index in [9.17, 15) is 4.79 Å². The van der Waals surface area contributed by atoms with Gasteiger partial charge in [-0.15, -0.1) is 10.2 Å². The number of rotatable bonds is 5. The molecule has 0 radical (unpaired) electrons. The Morgan fingerprint density at radius 3 is 2.96 bits per heavy atom. The fourth-order valence-corrected chi connectivity index (χ4v) is 4.06. The standard InChI is InChI=1S/C20H21N3O3S/c1-12-15(10-11-25-12)19-22-23-20(26-19)27-13(2)18(24)21-17-9-5-7-14-6-3-4-8-16(14)17/h3-4,6,8,10-11,13,17H,5,7,9H2,1-2H3,(H,21,24)/t13-,17-/m1/s1. The van der Waals surface area contributed by atoms with Crippen LogP contribution in [0.2, 0.25) is 0 Å². The normalized spacial score (nSPS) is 17.3. The van der Waals surface area contributed by atoms with Gasteiger partial charge in [-0.05, 0) is 50.3 Å². The second-order valence-corrected chi connectivity index (χ2v) is 7.97. The van der Waals surface area contributed by atoms with Gasteiger partial charge in [-0.2, -0.15) is 0 Å². The van der Waals surface area contributed by atoms with Gasteiger partial charge in [-0.1, -0.05) is 36.0 Å². The molecule has 1 aliphatic carbocycles. The first kappa shape index (κ1) is 17.9. The number of hydrogen-bond acceptors (Lipinski definition) is 6. The van der Waals surface area contributed by atoms with Gasteiger partial charge in [0, 0.05) is 0 Å². The second-order valence-electron chi connectivity index (χ2n) is 6.68. The van der Waals surface area contributed by atoms with E-state index in [1.165, 1.54) is 22.9 Å². The molecular weight excluding hydrogens is 362 g/mol. The van der Waals surface area contributed by atoms with Crippen LogP contribution in [0.4, 0.5) is 0 Å². The number of aryl methyl sites for hydroxylation is 2. The van der Waals surface area contributed by atoms with Gasteiger partial charge >= 0.3 is 0 Å². The molecule has 4 rings (SSSR count). The molecular formula is C20H21N3O3S. The van der Waals surface area contributed by atoms with E-state index in [1.807, 2.05) is 19.9 Å². The average molecular weight is 383 g/mol. The molecule has 140 valence electrons. The predicted octanol–water partition coefficient (Wildman–Crippen LogP) is 4.31. The quantitative estimate of drug-likeness (QED) is 0.661. The number of nitrogens with zero attached hydrogens (tertiary/aromatic N) is 2. The number of nitrogens with one attached hydrogen (secondary N) is 1. The molecule has 0 unspecified atom stereocenters. The van der Waals surface area contributed by atoms with Crippen molar-refractivity contribution in [3.05, 3.63) is 53.5 Å². The number of benzene rings is 1. The minimum Gasteiger partial charge on any atom is -0.469 e. The highest BCUT2D eigenvalue weighted by Crippen LogP contribution is 2.31. The Bertz CT molecular complexity index is 949. The molecule has 0 bridgehead atoms. The average Bonchev–Trinajstić information content (AvgIpc) is 3.30. The van der Waals surface area contributed by atoms with Gasteiger partial charge in [0.05, 0.1) is 23.1 Å². The Balaban J connectivity index is 1.41. The third-order valence-electron chi connectivity index (χ3n) is 4.83. The first-order valence-corrected chi connectivity index (χ1v) is 9.92. The van der Waals surface area contributed by atoms with Gasteiger partial charge in [-0.25, -0.2) is 0 Å². The lowest BCUT2D eigenvalue weighted by atomic mass is 9.88. The van der Waals surface area contributed by atoms with Crippen LogP contribution in [0.15, 0.2) is 50.7 Å². The molecule has 2 heterocycles. The number of hydrogen-bond donors (Lipinski definition) is 1. The summed E-state index contributed by atoms with van der Waals surface area (Å²) in [5.41, 5.74) is 3.32. The molecule has 1 aromatic carbocycles. The van der Waals surface area contributed by atoms with E-state index in [2.05, 4.69) is 33.7 Å². The molecule has 0 aliphatic heterocycles. The zero-order chi connectivity index (χ0) is 18.8. The molecule has 0 saturated carbocycles. The summed E-state index contributed by atoms with van der Waals surface area (Å²) in [6, 6.07) is 10.2. The number of carbonyl (C=O) groups excluding carboxylic acids is 1. The van der Waals surface area contributed by atoms with Crippen molar-refractivity contribution >= 4 is 17.7 Å². The van der Waals surface area contributed by atoms with Crippen LogP contribution >= 0.6 is 11.8 Å². The number of amides is 1. The largest absolute Gasteiger partial charge is 0.469 e.